The molecule has 0 radical (unpaired) electrons. The first kappa shape index (κ1) is 23.7. The molecule has 0 heterocycles. The van der Waals surface area contributed by atoms with Crippen LogP contribution in [0, 0.1) is 5.92 Å². The summed E-state index contributed by atoms with van der Waals surface area (Å²) in [6.45, 7) is 4.16. The van der Waals surface area contributed by atoms with E-state index >= 15 is 0 Å². The van der Waals surface area contributed by atoms with Crippen molar-refractivity contribution in [3.63, 3.8) is 0 Å². The molecular weight excluding hydrogens is 414 g/mol. The summed E-state index contributed by atoms with van der Waals surface area (Å²) < 4.78 is 46.4. The van der Waals surface area contributed by atoms with Crippen molar-refractivity contribution in [3.05, 3.63) is 60.7 Å². The second-order valence-corrected chi connectivity index (χ2v) is 9.63. The molecule has 0 aliphatic heterocycles. The van der Waals surface area contributed by atoms with Gasteiger partial charge in [0.05, 0.1) is 6.61 Å². The van der Waals surface area contributed by atoms with Crippen LogP contribution in [0.1, 0.15) is 39.5 Å². The Morgan fingerprint density at radius 2 is 1.45 bits per heavy atom. The van der Waals surface area contributed by atoms with Gasteiger partial charge in [0, 0.05) is 0 Å². The van der Waals surface area contributed by atoms with E-state index in [1.807, 2.05) is 6.92 Å². The third-order valence-corrected chi connectivity index (χ3v) is 7.11. The molecule has 2 aromatic carbocycles. The Labute approximate surface area is 172 Å². The van der Waals surface area contributed by atoms with Crippen LogP contribution in [0.5, 0.6) is 11.5 Å². The number of benzene rings is 2. The molecule has 3 unspecified atom stereocenters. The molecule has 2 rings (SSSR count). The van der Waals surface area contributed by atoms with E-state index in [0.29, 0.717) is 0 Å². The molecule has 2 aromatic rings. The number of phosphoric ester groups is 2. The first-order valence-electron chi connectivity index (χ1n) is 9.64. The maximum Gasteiger partial charge on any atom is 0.539 e. The van der Waals surface area contributed by atoms with Crippen LogP contribution in [0.25, 0.3) is 0 Å². The normalized spacial score (nSPS) is 16.4. The lowest BCUT2D eigenvalue weighted by atomic mass is 10.0. The van der Waals surface area contributed by atoms with Crippen LogP contribution in [0.15, 0.2) is 60.7 Å². The van der Waals surface area contributed by atoms with Crippen molar-refractivity contribution in [1.82, 2.24) is 0 Å². The highest BCUT2D eigenvalue weighted by molar-refractivity contribution is 7.62. The lowest BCUT2D eigenvalue weighted by Gasteiger charge is -2.23. The van der Waals surface area contributed by atoms with Gasteiger partial charge in [0.25, 0.3) is 0 Å². The van der Waals surface area contributed by atoms with Crippen LogP contribution in [0.4, 0.5) is 0 Å². The summed E-state index contributed by atoms with van der Waals surface area (Å²) in [6, 6.07) is 16.2. The highest BCUT2D eigenvalue weighted by Crippen LogP contribution is 2.63. The van der Waals surface area contributed by atoms with E-state index in [9.17, 15) is 14.0 Å². The first-order valence-corrected chi connectivity index (χ1v) is 12.6. The Kier molecular flexibility index (Phi) is 9.41. The molecule has 0 amide bonds. The second kappa shape index (κ2) is 11.5. The standard InChI is InChI=1S/C20H28O7P2/c1-3-5-12-18(4-2)17-24-29(23,26-20-15-10-7-11-16-20)27-28(21,22)25-19-13-8-6-9-14-19/h6-11,13-16,18H,3-5,12,17H2,1-2H3,(H,21,22). The summed E-state index contributed by atoms with van der Waals surface area (Å²) in [5.74, 6) is 0.412. The predicted octanol–water partition coefficient (Wildman–Crippen LogP) is 6.60. The zero-order valence-corrected chi connectivity index (χ0v) is 18.5. The quantitative estimate of drug-likeness (QED) is 0.349. The van der Waals surface area contributed by atoms with Gasteiger partial charge in [-0.2, -0.15) is 4.31 Å². The van der Waals surface area contributed by atoms with E-state index in [0.717, 1.165) is 25.7 Å². The smallest absolute Gasteiger partial charge is 0.404 e. The van der Waals surface area contributed by atoms with Crippen LogP contribution in [0.3, 0.4) is 0 Å². The van der Waals surface area contributed by atoms with Crippen LogP contribution in [-0.4, -0.2) is 11.5 Å². The van der Waals surface area contributed by atoms with Gasteiger partial charge in [0.1, 0.15) is 11.5 Å². The fourth-order valence-electron chi connectivity index (χ4n) is 2.53. The minimum Gasteiger partial charge on any atom is -0.404 e. The summed E-state index contributed by atoms with van der Waals surface area (Å²) in [5, 5.41) is 0. The molecule has 7 nitrogen and oxygen atoms in total. The maximum atomic E-state index is 13.2. The first-order chi connectivity index (χ1) is 13.9. The fraction of sp³-hybridized carbons (Fsp3) is 0.400. The van der Waals surface area contributed by atoms with E-state index < -0.39 is 15.6 Å². The maximum absolute atomic E-state index is 13.2. The fourth-order valence-corrected chi connectivity index (χ4v) is 5.21. The lowest BCUT2D eigenvalue weighted by Crippen LogP contribution is -2.11. The molecule has 1 N–H and O–H groups in total. The number of para-hydroxylation sites is 2. The summed E-state index contributed by atoms with van der Waals surface area (Å²) >= 11 is 0. The SMILES string of the molecule is CCCCC(CC)COP(=O)(Oc1ccccc1)OP(=O)(O)Oc1ccccc1. The zero-order chi connectivity index (χ0) is 21.2. The van der Waals surface area contributed by atoms with Crippen LogP contribution in [0.2, 0.25) is 0 Å². The number of hydrogen-bond donors (Lipinski definition) is 1. The van der Waals surface area contributed by atoms with Gasteiger partial charge in [0.15, 0.2) is 0 Å². The molecular formula is C20H28O7P2. The number of unbranched alkanes of at least 4 members (excludes halogenated alkanes) is 1. The van der Waals surface area contributed by atoms with Crippen LogP contribution >= 0.6 is 15.6 Å². The van der Waals surface area contributed by atoms with E-state index in [1.54, 1.807) is 48.5 Å². The molecule has 160 valence electrons. The molecule has 9 heteroatoms. The van der Waals surface area contributed by atoms with Crippen molar-refractivity contribution in [1.29, 1.82) is 0 Å². The van der Waals surface area contributed by atoms with Gasteiger partial charge in [-0.05, 0) is 36.6 Å². The molecule has 0 spiro atoms. The van der Waals surface area contributed by atoms with Crippen molar-refractivity contribution < 1.29 is 31.9 Å². The number of rotatable bonds is 13. The molecule has 3 atom stereocenters. The van der Waals surface area contributed by atoms with E-state index in [4.69, 9.17) is 17.9 Å². The topological polar surface area (TPSA) is 91.3 Å². The Hall–Kier alpha value is -1.62. The summed E-state index contributed by atoms with van der Waals surface area (Å²) in [7, 11) is -9.21. The average Bonchev–Trinajstić information content (AvgIpc) is 2.68. The molecule has 0 fully saturated rings. The molecule has 0 aliphatic rings. The Morgan fingerprint density at radius 3 is 1.97 bits per heavy atom. The van der Waals surface area contributed by atoms with Crippen molar-refractivity contribution in [2.45, 2.75) is 39.5 Å². The number of phosphoric acid groups is 2. The Bertz CT molecular complexity index is 814. The molecule has 29 heavy (non-hydrogen) atoms. The molecule has 0 aromatic heterocycles. The highest BCUT2D eigenvalue weighted by Gasteiger charge is 2.41. The molecule has 0 aliphatic carbocycles. The van der Waals surface area contributed by atoms with Gasteiger partial charge in [-0.15, -0.1) is 0 Å². The predicted molar refractivity (Wildman–Crippen MR) is 112 cm³/mol. The monoisotopic (exact) mass is 442 g/mol. The molecule has 0 saturated carbocycles. The summed E-state index contributed by atoms with van der Waals surface area (Å²) in [4.78, 5) is 10.1. The third-order valence-electron chi connectivity index (χ3n) is 4.14. The average molecular weight is 442 g/mol. The Balaban J connectivity index is 2.14. The summed E-state index contributed by atoms with van der Waals surface area (Å²) in [5.41, 5.74) is 0. The molecule has 0 saturated heterocycles. The largest absolute Gasteiger partial charge is 0.539 e. The second-order valence-electron chi connectivity index (χ2n) is 6.52. The lowest BCUT2D eigenvalue weighted by molar-refractivity contribution is 0.157. The minimum absolute atomic E-state index is 0.0753. The van der Waals surface area contributed by atoms with Crippen molar-refractivity contribution in [3.8, 4) is 11.5 Å². The van der Waals surface area contributed by atoms with Crippen molar-refractivity contribution >= 4 is 15.6 Å². The van der Waals surface area contributed by atoms with Crippen LogP contribution < -0.4 is 9.05 Å². The van der Waals surface area contributed by atoms with E-state index in [2.05, 4.69) is 6.92 Å². The molecule has 0 bridgehead atoms. The van der Waals surface area contributed by atoms with Crippen molar-refractivity contribution in [2.75, 3.05) is 6.61 Å². The zero-order valence-electron chi connectivity index (χ0n) is 16.7. The number of hydrogen-bond acceptors (Lipinski definition) is 6. The minimum atomic E-state index is -4.78. The van der Waals surface area contributed by atoms with Gasteiger partial charge in [-0.25, -0.2) is 9.13 Å². The van der Waals surface area contributed by atoms with Gasteiger partial charge < -0.3 is 9.05 Å². The van der Waals surface area contributed by atoms with Gasteiger partial charge in [-0.1, -0.05) is 69.5 Å². The van der Waals surface area contributed by atoms with Crippen molar-refractivity contribution in [2.24, 2.45) is 5.92 Å². The van der Waals surface area contributed by atoms with Gasteiger partial charge in [0.2, 0.25) is 0 Å². The van der Waals surface area contributed by atoms with Gasteiger partial charge in [-0.3, -0.25) is 9.42 Å². The summed E-state index contributed by atoms with van der Waals surface area (Å²) in [6.07, 6.45) is 3.72. The van der Waals surface area contributed by atoms with Gasteiger partial charge >= 0.3 is 15.6 Å². The Morgan fingerprint density at radius 1 is 0.897 bits per heavy atom. The highest BCUT2D eigenvalue weighted by atomic mass is 31.3. The van der Waals surface area contributed by atoms with Crippen LogP contribution in [-0.2, 0) is 18.0 Å². The van der Waals surface area contributed by atoms with E-state index in [1.165, 1.54) is 12.1 Å². The van der Waals surface area contributed by atoms with E-state index in [-0.39, 0.29) is 24.0 Å². The third kappa shape index (κ3) is 8.73.